The summed E-state index contributed by atoms with van der Waals surface area (Å²) in [6.45, 7) is 4.25. The molecule has 23 heavy (non-hydrogen) atoms. The van der Waals surface area contributed by atoms with Crippen LogP contribution in [-0.4, -0.2) is 44.7 Å². The predicted molar refractivity (Wildman–Crippen MR) is 106 cm³/mol. The number of guanidine groups is 1. The van der Waals surface area contributed by atoms with Crippen LogP contribution < -0.4 is 5.73 Å². The Bertz CT molecular complexity index is 605. The Hall–Kier alpha value is -0.830. The summed E-state index contributed by atoms with van der Waals surface area (Å²) < 4.78 is 24.2. The van der Waals surface area contributed by atoms with E-state index in [4.69, 9.17) is 5.73 Å². The van der Waals surface area contributed by atoms with E-state index in [9.17, 15) is 8.42 Å². The lowest BCUT2D eigenvalue weighted by atomic mass is 10.0. The summed E-state index contributed by atoms with van der Waals surface area (Å²) in [5.41, 5.74) is 6.78. The quantitative estimate of drug-likeness (QED) is 0.424. The zero-order valence-electron chi connectivity index (χ0n) is 13.5. The molecule has 0 amide bonds. The molecule has 1 aliphatic rings. The topological polar surface area (TPSA) is 75.8 Å². The number of halogens is 1. The molecule has 1 unspecified atom stereocenters. The number of nitrogens with zero attached hydrogens (tertiary/aromatic N) is 2. The maximum Gasteiger partial charge on any atom is 0.191 e. The van der Waals surface area contributed by atoms with Gasteiger partial charge in [0, 0.05) is 13.1 Å². The lowest BCUT2D eigenvalue weighted by Crippen LogP contribution is -2.43. The van der Waals surface area contributed by atoms with Crippen LogP contribution >= 0.6 is 24.0 Å². The van der Waals surface area contributed by atoms with Crippen LogP contribution in [0, 0.1) is 5.92 Å². The van der Waals surface area contributed by atoms with Crippen molar-refractivity contribution < 1.29 is 8.42 Å². The number of aliphatic imine (C=N–C) groups is 1. The average Bonchev–Trinajstić information content (AvgIpc) is 2.47. The third-order valence-corrected chi connectivity index (χ3v) is 5.46. The fourth-order valence-electron chi connectivity index (χ4n) is 2.70. The van der Waals surface area contributed by atoms with Crippen molar-refractivity contribution in [2.24, 2.45) is 16.6 Å². The fraction of sp³-hybridized carbons (Fsp3) is 0.562. The van der Waals surface area contributed by atoms with Gasteiger partial charge in [-0.1, -0.05) is 37.3 Å². The number of hydrogen-bond donors (Lipinski definition) is 1. The van der Waals surface area contributed by atoms with Gasteiger partial charge >= 0.3 is 0 Å². The number of rotatable bonds is 5. The highest BCUT2D eigenvalue weighted by Gasteiger charge is 2.18. The second-order valence-electron chi connectivity index (χ2n) is 6.01. The highest BCUT2D eigenvalue weighted by Crippen LogP contribution is 2.14. The second kappa shape index (κ2) is 9.46. The third kappa shape index (κ3) is 7.07. The Morgan fingerprint density at radius 1 is 1.35 bits per heavy atom. The van der Waals surface area contributed by atoms with Gasteiger partial charge < -0.3 is 10.6 Å². The monoisotopic (exact) mass is 451 g/mol. The number of likely N-dealkylation sites (tertiary alicyclic amines) is 1. The van der Waals surface area contributed by atoms with Crippen LogP contribution in [0.2, 0.25) is 0 Å². The van der Waals surface area contributed by atoms with Crippen LogP contribution in [-0.2, 0) is 15.6 Å². The Labute approximate surface area is 156 Å². The van der Waals surface area contributed by atoms with Crippen molar-refractivity contribution >= 4 is 39.8 Å². The van der Waals surface area contributed by atoms with Gasteiger partial charge in [0.15, 0.2) is 15.8 Å². The van der Waals surface area contributed by atoms with Crippen molar-refractivity contribution in [2.45, 2.75) is 25.5 Å². The predicted octanol–water partition coefficient (Wildman–Crippen LogP) is 2.27. The van der Waals surface area contributed by atoms with E-state index >= 15 is 0 Å². The minimum atomic E-state index is -3.15. The molecule has 0 saturated carbocycles. The van der Waals surface area contributed by atoms with Gasteiger partial charge in [-0.05, 0) is 24.3 Å². The van der Waals surface area contributed by atoms with Crippen molar-refractivity contribution in [2.75, 3.05) is 25.4 Å². The number of benzene rings is 1. The van der Waals surface area contributed by atoms with Gasteiger partial charge in [0.2, 0.25) is 0 Å². The number of nitrogens with two attached hydrogens (primary N) is 1. The number of sulfone groups is 1. The summed E-state index contributed by atoms with van der Waals surface area (Å²) in [4.78, 5) is 6.30. The standard InChI is InChI=1S/C16H25N3O2S.HI/c1-14-6-5-10-19(12-14)16(17)18-9-11-22(20,21)13-15-7-3-2-4-8-15;/h2-4,7-8,14H,5-6,9-13H2,1H3,(H2,17,18);1H. The Kier molecular flexibility index (Phi) is 8.32. The molecular formula is C16H26IN3O2S. The van der Waals surface area contributed by atoms with Crippen LogP contribution in [0.4, 0.5) is 0 Å². The first-order chi connectivity index (χ1) is 10.5. The lowest BCUT2D eigenvalue weighted by molar-refractivity contribution is 0.270. The first kappa shape index (κ1) is 20.2. The van der Waals surface area contributed by atoms with E-state index in [0.717, 1.165) is 25.1 Å². The highest BCUT2D eigenvalue weighted by atomic mass is 127. The van der Waals surface area contributed by atoms with Crippen molar-refractivity contribution in [3.63, 3.8) is 0 Å². The largest absolute Gasteiger partial charge is 0.370 e. The molecule has 1 aromatic carbocycles. The summed E-state index contributed by atoms with van der Waals surface area (Å²) in [5, 5.41) is 0. The van der Waals surface area contributed by atoms with Crippen LogP contribution in [0.25, 0.3) is 0 Å². The zero-order valence-corrected chi connectivity index (χ0v) is 16.7. The number of piperidine rings is 1. The van der Waals surface area contributed by atoms with E-state index in [0.29, 0.717) is 11.9 Å². The van der Waals surface area contributed by atoms with Gasteiger partial charge in [-0.2, -0.15) is 0 Å². The SMILES string of the molecule is CC1CCCN(C(N)=NCCS(=O)(=O)Cc2ccccc2)C1.I. The molecule has 0 bridgehead atoms. The summed E-state index contributed by atoms with van der Waals surface area (Å²) in [6.07, 6.45) is 2.33. The first-order valence-corrected chi connectivity index (χ1v) is 9.57. The summed E-state index contributed by atoms with van der Waals surface area (Å²) in [7, 11) is -3.15. The van der Waals surface area contributed by atoms with Gasteiger partial charge in [-0.15, -0.1) is 24.0 Å². The van der Waals surface area contributed by atoms with Crippen LogP contribution in [0.15, 0.2) is 35.3 Å². The van der Waals surface area contributed by atoms with Gasteiger partial charge in [-0.3, -0.25) is 4.99 Å². The summed E-state index contributed by atoms with van der Waals surface area (Å²) in [5.74, 6) is 1.18. The maximum absolute atomic E-state index is 12.1. The van der Waals surface area contributed by atoms with Crippen LogP contribution in [0.3, 0.4) is 0 Å². The molecule has 1 aliphatic heterocycles. The lowest BCUT2D eigenvalue weighted by Gasteiger charge is -2.31. The molecule has 2 rings (SSSR count). The second-order valence-corrected chi connectivity index (χ2v) is 8.20. The van der Waals surface area contributed by atoms with E-state index in [1.165, 1.54) is 6.42 Å². The number of hydrogen-bond acceptors (Lipinski definition) is 3. The molecule has 1 fully saturated rings. The Balaban J connectivity index is 0.00000264. The van der Waals surface area contributed by atoms with E-state index in [1.807, 2.05) is 30.3 Å². The molecule has 7 heteroatoms. The highest BCUT2D eigenvalue weighted by molar-refractivity contribution is 14.0. The van der Waals surface area contributed by atoms with E-state index in [1.54, 1.807) is 0 Å². The smallest absolute Gasteiger partial charge is 0.191 e. The zero-order chi connectivity index (χ0) is 16.0. The minimum absolute atomic E-state index is 0. The molecule has 0 radical (unpaired) electrons. The molecule has 130 valence electrons. The molecule has 1 aromatic rings. The maximum atomic E-state index is 12.1. The molecule has 5 nitrogen and oxygen atoms in total. The Morgan fingerprint density at radius 3 is 2.70 bits per heavy atom. The Morgan fingerprint density at radius 2 is 2.04 bits per heavy atom. The molecule has 1 saturated heterocycles. The van der Waals surface area contributed by atoms with Crippen LogP contribution in [0.5, 0.6) is 0 Å². The van der Waals surface area contributed by atoms with Crippen molar-refractivity contribution in [3.8, 4) is 0 Å². The van der Waals surface area contributed by atoms with Gasteiger partial charge in [-0.25, -0.2) is 8.42 Å². The third-order valence-electron chi connectivity index (χ3n) is 3.89. The van der Waals surface area contributed by atoms with Crippen molar-refractivity contribution in [3.05, 3.63) is 35.9 Å². The van der Waals surface area contributed by atoms with Crippen molar-refractivity contribution in [1.82, 2.24) is 4.90 Å². The first-order valence-electron chi connectivity index (χ1n) is 7.75. The molecular weight excluding hydrogens is 425 g/mol. The average molecular weight is 451 g/mol. The summed E-state index contributed by atoms with van der Waals surface area (Å²) in [6, 6.07) is 9.21. The summed E-state index contributed by atoms with van der Waals surface area (Å²) >= 11 is 0. The molecule has 0 aromatic heterocycles. The van der Waals surface area contributed by atoms with Crippen molar-refractivity contribution in [1.29, 1.82) is 0 Å². The van der Waals surface area contributed by atoms with Gasteiger partial charge in [0.25, 0.3) is 0 Å². The molecule has 0 spiro atoms. The fourth-order valence-corrected chi connectivity index (χ4v) is 3.91. The van der Waals surface area contributed by atoms with E-state index < -0.39 is 9.84 Å². The van der Waals surface area contributed by atoms with Crippen LogP contribution in [0.1, 0.15) is 25.3 Å². The molecule has 1 atom stereocenters. The van der Waals surface area contributed by atoms with Gasteiger partial charge in [0.1, 0.15) is 0 Å². The minimum Gasteiger partial charge on any atom is -0.370 e. The molecule has 1 heterocycles. The van der Waals surface area contributed by atoms with Gasteiger partial charge in [0.05, 0.1) is 18.1 Å². The van der Waals surface area contributed by atoms with E-state index in [2.05, 4.69) is 16.8 Å². The van der Waals surface area contributed by atoms with E-state index in [-0.39, 0.29) is 42.0 Å². The molecule has 0 aliphatic carbocycles. The molecule has 2 N–H and O–H groups in total. The normalized spacial score (nSPS) is 19.3.